The van der Waals surface area contributed by atoms with Crippen molar-refractivity contribution in [3.05, 3.63) is 89.2 Å². The molecule has 3 aromatic carbocycles. The summed E-state index contributed by atoms with van der Waals surface area (Å²) in [6.07, 6.45) is 3.63. The minimum atomic E-state index is -0.868. The summed E-state index contributed by atoms with van der Waals surface area (Å²) in [5.41, 5.74) is 8.27. The molecular weight excluding hydrogens is 528 g/mol. The van der Waals surface area contributed by atoms with E-state index in [0.29, 0.717) is 5.02 Å². The molecule has 0 aliphatic carbocycles. The van der Waals surface area contributed by atoms with Crippen molar-refractivity contribution in [2.24, 2.45) is 0 Å². The van der Waals surface area contributed by atoms with E-state index in [4.69, 9.17) is 16.6 Å². The highest BCUT2D eigenvalue weighted by molar-refractivity contribution is 7.22. The lowest BCUT2D eigenvalue weighted by Crippen LogP contribution is -2.04. The summed E-state index contributed by atoms with van der Waals surface area (Å²) in [5.74, 6) is -0.868. The van der Waals surface area contributed by atoms with E-state index in [-0.39, 0.29) is 12.5 Å². The van der Waals surface area contributed by atoms with Crippen LogP contribution in [-0.4, -0.2) is 30.8 Å². The second-order valence-corrected chi connectivity index (χ2v) is 11.3. The molecule has 194 valence electrons. The SMILES string of the molecule is Cc1cc2nc(-c3ccnc(-c4ccc5c(cnn5C(C)C)c4)c3)sc2c(-c2ccc(Cl)cc2)c1CC(=O)O. The van der Waals surface area contributed by atoms with Gasteiger partial charge in [-0.25, -0.2) is 4.98 Å². The van der Waals surface area contributed by atoms with Gasteiger partial charge in [0.1, 0.15) is 5.01 Å². The first-order chi connectivity index (χ1) is 18.8. The lowest BCUT2D eigenvalue weighted by molar-refractivity contribution is -0.136. The molecule has 8 heteroatoms. The number of nitrogens with zero attached hydrogens (tertiary/aromatic N) is 4. The van der Waals surface area contributed by atoms with Crippen molar-refractivity contribution < 1.29 is 9.90 Å². The van der Waals surface area contributed by atoms with Crippen molar-refractivity contribution in [2.45, 2.75) is 33.2 Å². The zero-order valence-corrected chi connectivity index (χ0v) is 23.2. The van der Waals surface area contributed by atoms with Crippen LogP contribution in [-0.2, 0) is 11.2 Å². The summed E-state index contributed by atoms with van der Waals surface area (Å²) < 4.78 is 2.97. The molecule has 0 atom stereocenters. The van der Waals surface area contributed by atoms with Crippen molar-refractivity contribution in [3.63, 3.8) is 0 Å². The van der Waals surface area contributed by atoms with Gasteiger partial charge < -0.3 is 5.11 Å². The first-order valence-corrected chi connectivity index (χ1v) is 13.8. The van der Waals surface area contributed by atoms with Crippen LogP contribution in [0.15, 0.2) is 73.1 Å². The average Bonchev–Trinajstić information content (AvgIpc) is 3.54. The van der Waals surface area contributed by atoms with Crippen LogP contribution in [0.2, 0.25) is 5.02 Å². The number of hydrogen-bond donors (Lipinski definition) is 1. The molecule has 0 aliphatic heterocycles. The molecule has 6 aromatic rings. The van der Waals surface area contributed by atoms with Crippen molar-refractivity contribution in [1.82, 2.24) is 19.7 Å². The summed E-state index contributed by atoms with van der Waals surface area (Å²) in [6, 6.07) is 20.1. The molecule has 0 saturated carbocycles. The second kappa shape index (κ2) is 9.91. The van der Waals surface area contributed by atoms with Gasteiger partial charge in [-0.15, -0.1) is 11.3 Å². The summed E-state index contributed by atoms with van der Waals surface area (Å²) >= 11 is 7.72. The Morgan fingerprint density at radius 1 is 1.03 bits per heavy atom. The van der Waals surface area contributed by atoms with E-state index in [0.717, 1.165) is 65.2 Å². The van der Waals surface area contributed by atoms with E-state index in [2.05, 4.69) is 48.2 Å². The maximum absolute atomic E-state index is 11.8. The molecule has 3 heterocycles. The maximum Gasteiger partial charge on any atom is 0.307 e. The fourth-order valence-electron chi connectivity index (χ4n) is 5.01. The maximum atomic E-state index is 11.8. The topological polar surface area (TPSA) is 80.9 Å². The number of aromatic nitrogens is 4. The molecule has 0 fully saturated rings. The zero-order valence-electron chi connectivity index (χ0n) is 21.6. The second-order valence-electron chi connectivity index (χ2n) is 9.88. The monoisotopic (exact) mass is 552 g/mol. The Morgan fingerprint density at radius 2 is 1.79 bits per heavy atom. The van der Waals surface area contributed by atoms with E-state index in [1.54, 1.807) is 17.5 Å². The number of carboxylic acids is 1. The van der Waals surface area contributed by atoms with Gasteiger partial charge >= 0.3 is 5.97 Å². The number of fused-ring (bicyclic) bond motifs is 2. The highest BCUT2D eigenvalue weighted by Crippen LogP contribution is 2.41. The lowest BCUT2D eigenvalue weighted by Gasteiger charge is -2.13. The van der Waals surface area contributed by atoms with Crippen LogP contribution in [0.3, 0.4) is 0 Å². The van der Waals surface area contributed by atoms with Gasteiger partial charge in [-0.1, -0.05) is 29.8 Å². The van der Waals surface area contributed by atoms with Crippen LogP contribution in [0.25, 0.3) is 54.1 Å². The van der Waals surface area contributed by atoms with Gasteiger partial charge in [0, 0.05) is 39.3 Å². The van der Waals surface area contributed by atoms with Crippen LogP contribution in [0.5, 0.6) is 0 Å². The molecule has 0 spiro atoms. The number of aryl methyl sites for hydroxylation is 1. The number of thiazole rings is 1. The average molecular weight is 553 g/mol. The summed E-state index contributed by atoms with van der Waals surface area (Å²) in [7, 11) is 0. The van der Waals surface area contributed by atoms with Crippen molar-refractivity contribution in [1.29, 1.82) is 0 Å². The Hall–Kier alpha value is -4.07. The Balaban J connectivity index is 1.47. The molecule has 6 nitrogen and oxygen atoms in total. The largest absolute Gasteiger partial charge is 0.481 e. The smallest absolute Gasteiger partial charge is 0.307 e. The van der Waals surface area contributed by atoms with Gasteiger partial charge in [0.2, 0.25) is 0 Å². The van der Waals surface area contributed by atoms with Gasteiger partial charge in [-0.05, 0) is 79.9 Å². The number of rotatable bonds is 6. The summed E-state index contributed by atoms with van der Waals surface area (Å²) in [6.45, 7) is 6.18. The molecule has 0 aliphatic rings. The predicted molar refractivity (Wildman–Crippen MR) is 158 cm³/mol. The fraction of sp³-hybridized carbons (Fsp3) is 0.161. The van der Waals surface area contributed by atoms with Gasteiger partial charge in [0.05, 0.1) is 34.0 Å². The molecule has 39 heavy (non-hydrogen) atoms. The highest BCUT2D eigenvalue weighted by Gasteiger charge is 2.20. The lowest BCUT2D eigenvalue weighted by atomic mass is 9.93. The van der Waals surface area contributed by atoms with Crippen LogP contribution in [0.4, 0.5) is 0 Å². The van der Waals surface area contributed by atoms with E-state index >= 15 is 0 Å². The normalized spacial score (nSPS) is 11.6. The number of pyridine rings is 1. The Kier molecular flexibility index (Phi) is 6.41. The molecule has 0 bridgehead atoms. The van der Waals surface area contributed by atoms with Gasteiger partial charge in [-0.2, -0.15) is 5.10 Å². The first kappa shape index (κ1) is 25.2. The molecule has 6 rings (SSSR count). The standard InChI is InChI=1S/C31H25ClN4O2S/c1-17(2)36-27-9-6-20(13-22(27)16-34-36)25-14-21(10-11-33-25)31-35-26-12-18(3)24(15-28(37)38)29(30(26)39-31)19-4-7-23(32)8-5-19/h4-14,16-17H,15H2,1-3H3,(H,37,38). The molecule has 0 saturated heterocycles. The van der Waals surface area contributed by atoms with Gasteiger partial charge in [0.25, 0.3) is 0 Å². The van der Waals surface area contributed by atoms with E-state index < -0.39 is 5.97 Å². The van der Waals surface area contributed by atoms with Crippen LogP contribution in [0.1, 0.15) is 31.0 Å². The van der Waals surface area contributed by atoms with E-state index in [1.165, 1.54) is 0 Å². The van der Waals surface area contributed by atoms with Gasteiger partial charge in [-0.3, -0.25) is 14.5 Å². The third-order valence-electron chi connectivity index (χ3n) is 6.86. The third kappa shape index (κ3) is 4.68. The molecule has 1 N–H and O–H groups in total. The van der Waals surface area contributed by atoms with Crippen LogP contribution < -0.4 is 0 Å². The fourth-order valence-corrected chi connectivity index (χ4v) is 6.27. The zero-order chi connectivity index (χ0) is 27.3. The number of carbonyl (C=O) groups is 1. The highest BCUT2D eigenvalue weighted by atomic mass is 35.5. The molecule has 0 radical (unpaired) electrons. The number of carboxylic acid groups (broad SMARTS) is 1. The quantitative estimate of drug-likeness (QED) is 0.225. The van der Waals surface area contributed by atoms with Crippen LogP contribution >= 0.6 is 22.9 Å². The summed E-state index contributed by atoms with van der Waals surface area (Å²) in [4.78, 5) is 21.4. The molecule has 3 aromatic heterocycles. The Labute approximate surface area is 234 Å². The molecule has 0 unspecified atom stereocenters. The minimum absolute atomic E-state index is 0.0672. The van der Waals surface area contributed by atoms with E-state index in [9.17, 15) is 9.90 Å². The van der Waals surface area contributed by atoms with Crippen molar-refractivity contribution >= 4 is 50.0 Å². The molecule has 0 amide bonds. The molecular formula is C31H25ClN4O2S. The predicted octanol–water partition coefficient (Wildman–Crippen LogP) is 8.21. The number of aliphatic carboxylic acids is 1. The number of benzene rings is 3. The third-order valence-corrected chi connectivity index (χ3v) is 8.25. The Morgan fingerprint density at radius 3 is 2.54 bits per heavy atom. The minimum Gasteiger partial charge on any atom is -0.481 e. The van der Waals surface area contributed by atoms with Crippen molar-refractivity contribution in [3.8, 4) is 33.0 Å². The van der Waals surface area contributed by atoms with E-state index in [1.807, 2.05) is 54.2 Å². The summed E-state index contributed by atoms with van der Waals surface area (Å²) in [5, 5.41) is 16.7. The Bertz CT molecular complexity index is 1870. The number of halogens is 1. The first-order valence-electron chi connectivity index (χ1n) is 12.6. The van der Waals surface area contributed by atoms with Crippen molar-refractivity contribution in [2.75, 3.05) is 0 Å². The van der Waals surface area contributed by atoms with Gasteiger partial charge in [0.15, 0.2) is 0 Å². The number of hydrogen-bond acceptors (Lipinski definition) is 5. The van der Waals surface area contributed by atoms with Crippen LogP contribution in [0, 0.1) is 6.92 Å².